The van der Waals surface area contributed by atoms with Crippen LogP contribution >= 0.6 is 0 Å². The molecule has 15 heavy (non-hydrogen) atoms. The summed E-state index contributed by atoms with van der Waals surface area (Å²) in [5.41, 5.74) is 0. The maximum Gasteiger partial charge on any atom is 0.236 e. The fourth-order valence-corrected chi connectivity index (χ4v) is 1.77. The molecule has 2 amide bonds. The first-order valence-electron chi connectivity index (χ1n) is 5.05. The van der Waals surface area contributed by atoms with Crippen LogP contribution in [0, 0.1) is 17.2 Å². The van der Waals surface area contributed by atoms with Crippen molar-refractivity contribution in [1.82, 2.24) is 10.2 Å². The van der Waals surface area contributed by atoms with Crippen molar-refractivity contribution in [1.29, 1.82) is 5.26 Å². The molecule has 5 heteroatoms. The molecular weight excluding hydrogens is 194 g/mol. The molecule has 0 bridgehead atoms. The van der Waals surface area contributed by atoms with E-state index < -0.39 is 0 Å². The van der Waals surface area contributed by atoms with Gasteiger partial charge >= 0.3 is 0 Å². The summed E-state index contributed by atoms with van der Waals surface area (Å²) < 4.78 is 0. The molecule has 0 spiro atoms. The van der Waals surface area contributed by atoms with Gasteiger partial charge in [-0.25, -0.2) is 0 Å². The number of likely N-dealkylation sites (tertiary alicyclic amines) is 1. The van der Waals surface area contributed by atoms with Crippen molar-refractivity contribution in [2.45, 2.75) is 19.3 Å². The summed E-state index contributed by atoms with van der Waals surface area (Å²) in [6.45, 7) is 1.16. The van der Waals surface area contributed by atoms with Crippen LogP contribution in [0.3, 0.4) is 0 Å². The Morgan fingerprint density at radius 1 is 1.47 bits per heavy atom. The average Bonchev–Trinajstić information content (AvgIpc) is 2.28. The fourth-order valence-electron chi connectivity index (χ4n) is 1.77. The Morgan fingerprint density at radius 2 is 2.07 bits per heavy atom. The Bertz CT molecular complexity index is 288. The second kappa shape index (κ2) is 5.35. The molecule has 0 atom stereocenters. The van der Waals surface area contributed by atoms with Gasteiger partial charge in [-0.15, -0.1) is 0 Å². The van der Waals surface area contributed by atoms with Crippen molar-refractivity contribution >= 4 is 11.8 Å². The number of carbonyl (C=O) groups is 2. The molecule has 1 fully saturated rings. The Labute approximate surface area is 89.0 Å². The number of piperidine rings is 1. The van der Waals surface area contributed by atoms with Gasteiger partial charge in [0.2, 0.25) is 11.8 Å². The van der Waals surface area contributed by atoms with E-state index in [1.165, 1.54) is 0 Å². The largest absolute Gasteiger partial charge is 0.359 e. The monoisotopic (exact) mass is 209 g/mol. The van der Waals surface area contributed by atoms with Gasteiger partial charge in [-0.1, -0.05) is 0 Å². The number of hydrogen-bond acceptors (Lipinski definition) is 3. The van der Waals surface area contributed by atoms with Crippen LogP contribution in [-0.2, 0) is 9.59 Å². The van der Waals surface area contributed by atoms with E-state index in [9.17, 15) is 9.59 Å². The first-order valence-corrected chi connectivity index (χ1v) is 5.05. The molecule has 1 aliphatic rings. The maximum absolute atomic E-state index is 11.3. The Hall–Kier alpha value is -1.57. The van der Waals surface area contributed by atoms with E-state index in [1.807, 2.05) is 6.07 Å². The molecule has 1 heterocycles. The maximum atomic E-state index is 11.3. The van der Waals surface area contributed by atoms with Crippen LogP contribution in [-0.4, -0.2) is 36.9 Å². The lowest BCUT2D eigenvalue weighted by molar-refractivity contribution is -0.134. The molecule has 0 aromatic rings. The van der Waals surface area contributed by atoms with Gasteiger partial charge in [0.1, 0.15) is 6.42 Å². The summed E-state index contributed by atoms with van der Waals surface area (Å²) >= 11 is 0. The Balaban J connectivity index is 2.39. The number of amides is 2. The van der Waals surface area contributed by atoms with Crippen LogP contribution in [0.15, 0.2) is 0 Å². The zero-order chi connectivity index (χ0) is 11.3. The van der Waals surface area contributed by atoms with Gasteiger partial charge in [-0.3, -0.25) is 9.59 Å². The van der Waals surface area contributed by atoms with Crippen molar-refractivity contribution in [2.24, 2.45) is 5.92 Å². The third kappa shape index (κ3) is 2.94. The molecule has 0 aliphatic carbocycles. The smallest absolute Gasteiger partial charge is 0.236 e. The molecule has 1 rings (SSSR count). The third-order valence-electron chi connectivity index (χ3n) is 2.70. The fraction of sp³-hybridized carbons (Fsp3) is 0.700. The van der Waals surface area contributed by atoms with Crippen LogP contribution in [0.25, 0.3) is 0 Å². The van der Waals surface area contributed by atoms with E-state index in [0.717, 1.165) is 0 Å². The average molecular weight is 209 g/mol. The summed E-state index contributed by atoms with van der Waals surface area (Å²) in [6.07, 6.45) is 1.32. The molecule has 1 aliphatic heterocycles. The molecule has 0 unspecified atom stereocenters. The van der Waals surface area contributed by atoms with Crippen molar-refractivity contribution in [3.05, 3.63) is 0 Å². The van der Waals surface area contributed by atoms with E-state index >= 15 is 0 Å². The lowest BCUT2D eigenvalue weighted by Crippen LogP contribution is -2.42. The minimum absolute atomic E-state index is 0.0149. The van der Waals surface area contributed by atoms with E-state index in [0.29, 0.717) is 25.9 Å². The van der Waals surface area contributed by atoms with Crippen LogP contribution in [0.2, 0.25) is 0 Å². The van der Waals surface area contributed by atoms with Gasteiger partial charge in [0, 0.05) is 26.1 Å². The SMILES string of the molecule is CNC(=O)C1CCN(C(=O)CC#N)CC1. The van der Waals surface area contributed by atoms with Crippen molar-refractivity contribution in [3.63, 3.8) is 0 Å². The minimum atomic E-state index is -0.132. The summed E-state index contributed by atoms with van der Waals surface area (Å²) in [6, 6.07) is 1.84. The van der Waals surface area contributed by atoms with E-state index in [-0.39, 0.29) is 24.2 Å². The molecule has 1 N–H and O–H groups in total. The zero-order valence-corrected chi connectivity index (χ0v) is 8.82. The summed E-state index contributed by atoms with van der Waals surface area (Å²) in [7, 11) is 1.62. The number of hydrogen-bond donors (Lipinski definition) is 1. The number of nitrogens with zero attached hydrogens (tertiary/aromatic N) is 2. The van der Waals surface area contributed by atoms with Crippen molar-refractivity contribution < 1.29 is 9.59 Å². The van der Waals surface area contributed by atoms with Crippen molar-refractivity contribution in [2.75, 3.05) is 20.1 Å². The molecule has 5 nitrogen and oxygen atoms in total. The molecule has 0 aromatic heterocycles. The predicted octanol–water partition coefficient (Wildman–Crippen LogP) is -0.115. The molecule has 0 aromatic carbocycles. The van der Waals surface area contributed by atoms with Gasteiger partial charge in [-0.05, 0) is 12.8 Å². The molecule has 0 saturated carbocycles. The highest BCUT2D eigenvalue weighted by Gasteiger charge is 2.26. The van der Waals surface area contributed by atoms with Gasteiger partial charge < -0.3 is 10.2 Å². The van der Waals surface area contributed by atoms with Crippen LogP contribution < -0.4 is 5.32 Å². The standard InChI is InChI=1S/C10H15N3O2/c1-12-10(15)8-3-6-13(7-4-8)9(14)2-5-11/h8H,2-4,6-7H2,1H3,(H,12,15). The topological polar surface area (TPSA) is 73.2 Å². The summed E-state index contributed by atoms with van der Waals surface area (Å²) in [4.78, 5) is 24.3. The zero-order valence-electron chi connectivity index (χ0n) is 8.82. The number of nitrogens with one attached hydrogen (secondary N) is 1. The lowest BCUT2D eigenvalue weighted by Gasteiger charge is -2.30. The lowest BCUT2D eigenvalue weighted by atomic mass is 9.96. The van der Waals surface area contributed by atoms with E-state index in [1.54, 1.807) is 11.9 Å². The van der Waals surface area contributed by atoms with Gasteiger partial charge in [-0.2, -0.15) is 5.26 Å². The van der Waals surface area contributed by atoms with Crippen LogP contribution in [0.1, 0.15) is 19.3 Å². The summed E-state index contributed by atoms with van der Waals surface area (Å²) in [5.74, 6) is -0.0728. The summed E-state index contributed by atoms with van der Waals surface area (Å²) in [5, 5.41) is 11.0. The first kappa shape index (κ1) is 11.5. The van der Waals surface area contributed by atoms with Gasteiger partial charge in [0.15, 0.2) is 0 Å². The Kier molecular flexibility index (Phi) is 4.10. The van der Waals surface area contributed by atoms with Gasteiger partial charge in [0.05, 0.1) is 6.07 Å². The molecule has 1 saturated heterocycles. The molecule has 0 radical (unpaired) electrons. The normalized spacial score (nSPS) is 16.9. The second-order valence-corrected chi connectivity index (χ2v) is 3.60. The minimum Gasteiger partial charge on any atom is -0.359 e. The molecule has 82 valence electrons. The van der Waals surface area contributed by atoms with Crippen molar-refractivity contribution in [3.8, 4) is 6.07 Å². The quantitative estimate of drug-likeness (QED) is 0.689. The molecular formula is C10H15N3O2. The highest BCUT2D eigenvalue weighted by Crippen LogP contribution is 2.17. The van der Waals surface area contributed by atoms with Crippen LogP contribution in [0.4, 0.5) is 0 Å². The van der Waals surface area contributed by atoms with E-state index in [2.05, 4.69) is 5.32 Å². The second-order valence-electron chi connectivity index (χ2n) is 3.60. The predicted molar refractivity (Wildman–Crippen MR) is 53.6 cm³/mol. The van der Waals surface area contributed by atoms with Gasteiger partial charge in [0.25, 0.3) is 0 Å². The highest BCUT2D eigenvalue weighted by molar-refractivity contribution is 5.80. The number of nitriles is 1. The highest BCUT2D eigenvalue weighted by atomic mass is 16.2. The number of carbonyl (C=O) groups excluding carboxylic acids is 2. The number of rotatable bonds is 2. The van der Waals surface area contributed by atoms with E-state index in [4.69, 9.17) is 5.26 Å². The first-order chi connectivity index (χ1) is 7.19. The van der Waals surface area contributed by atoms with Crippen LogP contribution in [0.5, 0.6) is 0 Å². The Morgan fingerprint density at radius 3 is 2.53 bits per heavy atom. The third-order valence-corrected chi connectivity index (χ3v) is 2.70.